The summed E-state index contributed by atoms with van der Waals surface area (Å²) >= 11 is 0. The van der Waals surface area contributed by atoms with Crippen molar-refractivity contribution in [1.29, 1.82) is 0 Å². The van der Waals surface area contributed by atoms with Gasteiger partial charge in [0.25, 0.3) is 0 Å². The minimum Gasteiger partial charge on any atom is -0.328 e. The fraction of sp³-hybridized carbons (Fsp3) is 1.00. The van der Waals surface area contributed by atoms with Gasteiger partial charge < -0.3 is 5.73 Å². The van der Waals surface area contributed by atoms with E-state index in [1.165, 1.54) is 38.5 Å². The monoisotopic (exact) mass is 157 g/mol. The van der Waals surface area contributed by atoms with Gasteiger partial charge in [-0.1, -0.05) is 46.0 Å². The van der Waals surface area contributed by atoms with Crippen LogP contribution < -0.4 is 5.73 Å². The first-order chi connectivity index (χ1) is 5.31. The number of hydrogen-bond donors (Lipinski definition) is 1. The van der Waals surface area contributed by atoms with E-state index in [0.717, 1.165) is 6.42 Å². The Morgan fingerprint density at radius 2 is 1.64 bits per heavy atom. The van der Waals surface area contributed by atoms with Crippen LogP contribution in [-0.4, -0.2) is 6.04 Å². The molecule has 0 radical (unpaired) electrons. The lowest BCUT2D eigenvalue weighted by molar-refractivity contribution is 0.531. The van der Waals surface area contributed by atoms with Crippen LogP contribution in [-0.2, 0) is 0 Å². The summed E-state index contributed by atoms with van der Waals surface area (Å²) in [5, 5.41) is 0. The Hall–Kier alpha value is -0.0400. The van der Waals surface area contributed by atoms with Crippen LogP contribution in [0.15, 0.2) is 0 Å². The molecule has 0 aliphatic rings. The molecule has 0 aliphatic carbocycles. The molecule has 0 rings (SSSR count). The average molecular weight is 157 g/mol. The molecule has 1 atom stereocenters. The van der Waals surface area contributed by atoms with Gasteiger partial charge in [0.1, 0.15) is 0 Å². The highest BCUT2D eigenvalue weighted by atomic mass is 14.6. The van der Waals surface area contributed by atoms with Gasteiger partial charge in [-0.2, -0.15) is 0 Å². The van der Waals surface area contributed by atoms with E-state index in [0.29, 0.717) is 6.04 Å². The highest BCUT2D eigenvalue weighted by molar-refractivity contribution is 4.57. The van der Waals surface area contributed by atoms with E-state index in [2.05, 4.69) is 13.8 Å². The molecule has 0 aliphatic heterocycles. The van der Waals surface area contributed by atoms with Crippen molar-refractivity contribution < 1.29 is 0 Å². The number of nitrogens with two attached hydrogens (primary N) is 1. The van der Waals surface area contributed by atoms with Gasteiger partial charge >= 0.3 is 0 Å². The molecule has 1 nitrogen and oxygen atoms in total. The summed E-state index contributed by atoms with van der Waals surface area (Å²) in [6, 6.07) is 0.455. The molecule has 1 heteroatoms. The predicted octanol–water partition coefficient (Wildman–Crippen LogP) is 3.08. The molecule has 2 N–H and O–H groups in total. The summed E-state index contributed by atoms with van der Waals surface area (Å²) in [5.74, 6) is 0. The smallest absolute Gasteiger partial charge is 0.00362 e. The number of rotatable bonds is 7. The second-order valence-corrected chi connectivity index (χ2v) is 3.37. The number of hydrogen-bond acceptors (Lipinski definition) is 1. The fourth-order valence-electron chi connectivity index (χ4n) is 1.21. The van der Waals surface area contributed by atoms with Gasteiger partial charge in [0, 0.05) is 6.04 Å². The molecule has 0 unspecified atom stereocenters. The molecular weight excluding hydrogens is 134 g/mol. The van der Waals surface area contributed by atoms with Crippen LogP contribution in [0.3, 0.4) is 0 Å². The maximum atomic E-state index is 5.79. The van der Waals surface area contributed by atoms with Crippen LogP contribution in [0.25, 0.3) is 0 Å². The van der Waals surface area contributed by atoms with Gasteiger partial charge in [-0.15, -0.1) is 0 Å². The first-order valence-electron chi connectivity index (χ1n) is 5.06. The van der Waals surface area contributed by atoms with Crippen molar-refractivity contribution in [2.45, 2.75) is 64.8 Å². The molecule has 11 heavy (non-hydrogen) atoms. The quantitative estimate of drug-likeness (QED) is 0.565. The summed E-state index contributed by atoms with van der Waals surface area (Å²) in [6.07, 6.45) is 9.18. The summed E-state index contributed by atoms with van der Waals surface area (Å²) in [4.78, 5) is 0. The largest absolute Gasteiger partial charge is 0.328 e. The Labute approximate surface area is 71.4 Å². The highest BCUT2D eigenvalue weighted by Crippen LogP contribution is 2.07. The lowest BCUT2D eigenvalue weighted by Gasteiger charge is -2.06. The third-order valence-corrected chi connectivity index (χ3v) is 2.20. The van der Waals surface area contributed by atoms with Crippen LogP contribution in [0.5, 0.6) is 0 Å². The van der Waals surface area contributed by atoms with Crippen LogP contribution in [0.2, 0.25) is 0 Å². The van der Waals surface area contributed by atoms with Crippen molar-refractivity contribution in [2.75, 3.05) is 0 Å². The normalized spacial score (nSPS) is 13.4. The van der Waals surface area contributed by atoms with Crippen molar-refractivity contribution in [3.8, 4) is 0 Å². The summed E-state index contributed by atoms with van der Waals surface area (Å²) in [7, 11) is 0. The summed E-state index contributed by atoms with van der Waals surface area (Å²) in [5.41, 5.74) is 5.79. The maximum absolute atomic E-state index is 5.79. The third kappa shape index (κ3) is 7.86. The van der Waals surface area contributed by atoms with E-state index >= 15 is 0 Å². The van der Waals surface area contributed by atoms with Crippen LogP contribution >= 0.6 is 0 Å². The molecule has 68 valence electrons. The minimum atomic E-state index is 0.455. The van der Waals surface area contributed by atoms with Crippen LogP contribution in [0, 0.1) is 0 Å². The molecule has 0 spiro atoms. The molecule has 0 bridgehead atoms. The predicted molar refractivity (Wildman–Crippen MR) is 51.6 cm³/mol. The molecule has 0 aromatic carbocycles. The average Bonchev–Trinajstić information content (AvgIpc) is 2.04. The zero-order valence-electron chi connectivity index (χ0n) is 8.10. The Morgan fingerprint density at radius 3 is 2.18 bits per heavy atom. The molecule has 0 aromatic rings. The maximum Gasteiger partial charge on any atom is 0.00362 e. The van der Waals surface area contributed by atoms with Crippen molar-refractivity contribution in [3.05, 3.63) is 0 Å². The van der Waals surface area contributed by atoms with E-state index in [-0.39, 0.29) is 0 Å². The molecular formula is C10H23N. The van der Waals surface area contributed by atoms with Crippen LogP contribution in [0.1, 0.15) is 58.8 Å². The SMILES string of the molecule is CCCCCCC[C@@H](N)CC. The van der Waals surface area contributed by atoms with Crippen LogP contribution in [0.4, 0.5) is 0 Å². The third-order valence-electron chi connectivity index (χ3n) is 2.20. The van der Waals surface area contributed by atoms with Crippen molar-refractivity contribution >= 4 is 0 Å². The highest BCUT2D eigenvalue weighted by Gasteiger charge is 1.97. The zero-order chi connectivity index (χ0) is 8.53. The molecule has 0 saturated heterocycles. The molecule has 0 amide bonds. The Morgan fingerprint density at radius 1 is 1.00 bits per heavy atom. The van der Waals surface area contributed by atoms with Gasteiger partial charge in [0.15, 0.2) is 0 Å². The van der Waals surface area contributed by atoms with Crippen molar-refractivity contribution in [3.63, 3.8) is 0 Å². The number of unbranched alkanes of at least 4 members (excludes halogenated alkanes) is 4. The standard InChI is InChI=1S/C10H23N/c1-3-5-6-7-8-9-10(11)4-2/h10H,3-9,11H2,1-2H3/t10-/m0/s1. The van der Waals surface area contributed by atoms with Gasteiger partial charge in [-0.25, -0.2) is 0 Å². The lowest BCUT2D eigenvalue weighted by Crippen LogP contribution is -2.17. The second kappa shape index (κ2) is 8.06. The first-order valence-corrected chi connectivity index (χ1v) is 5.06. The van der Waals surface area contributed by atoms with Crippen molar-refractivity contribution in [1.82, 2.24) is 0 Å². The van der Waals surface area contributed by atoms with Gasteiger partial charge in [0.2, 0.25) is 0 Å². The Kier molecular flexibility index (Phi) is 8.03. The van der Waals surface area contributed by atoms with Gasteiger partial charge in [0.05, 0.1) is 0 Å². The van der Waals surface area contributed by atoms with Gasteiger partial charge in [-0.3, -0.25) is 0 Å². The summed E-state index contributed by atoms with van der Waals surface area (Å²) in [6.45, 7) is 4.41. The molecule has 0 saturated carbocycles. The Balaban J connectivity index is 2.89. The van der Waals surface area contributed by atoms with E-state index in [9.17, 15) is 0 Å². The fourth-order valence-corrected chi connectivity index (χ4v) is 1.21. The molecule has 0 fully saturated rings. The van der Waals surface area contributed by atoms with E-state index in [4.69, 9.17) is 5.73 Å². The van der Waals surface area contributed by atoms with E-state index < -0.39 is 0 Å². The minimum absolute atomic E-state index is 0.455. The lowest BCUT2D eigenvalue weighted by atomic mass is 10.1. The Bertz CT molecular complexity index is 71.3. The molecule has 0 aromatic heterocycles. The topological polar surface area (TPSA) is 26.0 Å². The van der Waals surface area contributed by atoms with E-state index in [1.54, 1.807) is 0 Å². The first kappa shape index (κ1) is 11.0. The van der Waals surface area contributed by atoms with E-state index in [1.807, 2.05) is 0 Å². The van der Waals surface area contributed by atoms with Gasteiger partial charge in [-0.05, 0) is 12.8 Å². The second-order valence-electron chi connectivity index (χ2n) is 3.37. The summed E-state index contributed by atoms with van der Waals surface area (Å²) < 4.78 is 0. The van der Waals surface area contributed by atoms with Crippen molar-refractivity contribution in [2.24, 2.45) is 5.73 Å². The molecule has 0 heterocycles. The zero-order valence-corrected chi connectivity index (χ0v) is 8.10.